The maximum atomic E-state index is 4.50. The molecule has 128 valence electrons. The van der Waals surface area contributed by atoms with Gasteiger partial charge in [-0.05, 0) is 36.5 Å². The Hall–Kier alpha value is -1.78. The van der Waals surface area contributed by atoms with Crippen LogP contribution >= 0.6 is 0 Å². The van der Waals surface area contributed by atoms with Crippen LogP contribution in [0.2, 0.25) is 0 Å². The molecule has 2 heterocycles. The molecule has 1 saturated heterocycles. The zero-order valence-corrected chi connectivity index (χ0v) is 14.8. The summed E-state index contributed by atoms with van der Waals surface area (Å²) in [6.45, 7) is 8.48. The molecule has 0 spiro atoms. The van der Waals surface area contributed by atoms with Crippen LogP contribution in [-0.4, -0.2) is 37.6 Å². The second-order valence-corrected chi connectivity index (χ2v) is 6.21. The average Bonchev–Trinajstić information content (AvgIpc) is 3.13. The van der Waals surface area contributed by atoms with E-state index in [9.17, 15) is 0 Å². The van der Waals surface area contributed by atoms with Gasteiger partial charge in [-0.15, -0.1) is 0 Å². The first-order valence-electron chi connectivity index (χ1n) is 8.91. The van der Waals surface area contributed by atoms with E-state index in [2.05, 4.69) is 51.5 Å². The summed E-state index contributed by atoms with van der Waals surface area (Å²) >= 11 is 0. The van der Waals surface area contributed by atoms with Crippen LogP contribution in [0.3, 0.4) is 0 Å². The molecule has 1 aliphatic rings. The minimum absolute atomic E-state index is 0.705. The monoisotopic (exact) mass is 317 g/mol. The van der Waals surface area contributed by atoms with E-state index >= 15 is 0 Å². The van der Waals surface area contributed by atoms with Gasteiger partial charge in [-0.25, -0.2) is 4.98 Å². The number of nitrogens with one attached hydrogen (secondary N) is 2. The molecule has 2 N–H and O–H groups in total. The first kappa shape index (κ1) is 17.6. The van der Waals surface area contributed by atoms with Crippen LogP contribution < -0.4 is 15.5 Å². The fraction of sp³-hybridized carbons (Fsp3) is 0.667. The number of guanidine groups is 1. The maximum absolute atomic E-state index is 4.50. The molecule has 1 aromatic rings. The predicted octanol–water partition coefficient (Wildman–Crippen LogP) is 2.78. The fourth-order valence-electron chi connectivity index (χ4n) is 2.91. The van der Waals surface area contributed by atoms with Crippen LogP contribution in [0.1, 0.15) is 45.1 Å². The Balaban J connectivity index is 1.85. The Morgan fingerprint density at radius 3 is 2.65 bits per heavy atom. The molecule has 0 bridgehead atoms. The highest BCUT2D eigenvalue weighted by molar-refractivity contribution is 5.79. The Morgan fingerprint density at radius 1 is 1.26 bits per heavy atom. The van der Waals surface area contributed by atoms with Crippen LogP contribution in [0.25, 0.3) is 0 Å². The van der Waals surface area contributed by atoms with Crippen LogP contribution in [0.15, 0.2) is 23.3 Å². The summed E-state index contributed by atoms with van der Waals surface area (Å²) in [4.78, 5) is 11.2. The standard InChI is InChI=1S/C18H31N5/c1-4-15(5-2)13-21-18(19-3)22-14-16-8-9-20-17(12-16)23-10-6-7-11-23/h8-9,12,15H,4-7,10-11,13-14H2,1-3H3,(H2,19,21,22). The lowest BCUT2D eigenvalue weighted by molar-refractivity contribution is 0.481. The van der Waals surface area contributed by atoms with E-state index in [1.807, 2.05) is 13.2 Å². The minimum Gasteiger partial charge on any atom is -0.357 e. The third-order valence-corrected chi connectivity index (χ3v) is 4.64. The Morgan fingerprint density at radius 2 is 2.00 bits per heavy atom. The van der Waals surface area contributed by atoms with Gasteiger partial charge in [0, 0.05) is 39.4 Å². The lowest BCUT2D eigenvalue weighted by Gasteiger charge is -2.18. The number of aliphatic imine (C=N–C) groups is 1. The number of hydrogen-bond acceptors (Lipinski definition) is 3. The Kier molecular flexibility index (Phi) is 7.17. The smallest absolute Gasteiger partial charge is 0.191 e. The lowest BCUT2D eigenvalue weighted by Crippen LogP contribution is -2.39. The maximum Gasteiger partial charge on any atom is 0.191 e. The van der Waals surface area contributed by atoms with E-state index in [-0.39, 0.29) is 0 Å². The minimum atomic E-state index is 0.705. The van der Waals surface area contributed by atoms with Crippen molar-refractivity contribution >= 4 is 11.8 Å². The summed E-state index contributed by atoms with van der Waals surface area (Å²) in [6.07, 6.45) is 6.85. The van der Waals surface area contributed by atoms with Gasteiger partial charge in [0.1, 0.15) is 5.82 Å². The highest BCUT2D eigenvalue weighted by Crippen LogP contribution is 2.18. The summed E-state index contributed by atoms with van der Waals surface area (Å²) < 4.78 is 0. The third kappa shape index (κ3) is 5.41. The summed E-state index contributed by atoms with van der Waals surface area (Å²) in [5, 5.41) is 6.82. The van der Waals surface area contributed by atoms with Gasteiger partial charge >= 0.3 is 0 Å². The van der Waals surface area contributed by atoms with Crippen molar-refractivity contribution in [3.63, 3.8) is 0 Å². The van der Waals surface area contributed by atoms with Crippen LogP contribution in [0, 0.1) is 5.92 Å². The summed E-state index contributed by atoms with van der Waals surface area (Å²) in [5.74, 6) is 2.68. The van der Waals surface area contributed by atoms with Gasteiger partial charge in [-0.1, -0.05) is 26.7 Å². The molecule has 0 aliphatic carbocycles. The second kappa shape index (κ2) is 9.38. The number of hydrogen-bond donors (Lipinski definition) is 2. The van der Waals surface area contributed by atoms with Crippen molar-refractivity contribution in [3.05, 3.63) is 23.9 Å². The molecule has 2 rings (SSSR count). The zero-order valence-electron chi connectivity index (χ0n) is 14.8. The van der Waals surface area contributed by atoms with Crippen LogP contribution in [0.5, 0.6) is 0 Å². The van der Waals surface area contributed by atoms with Crippen molar-refractivity contribution in [3.8, 4) is 0 Å². The number of pyridine rings is 1. The molecular weight excluding hydrogens is 286 g/mol. The van der Waals surface area contributed by atoms with Crippen molar-refractivity contribution in [2.24, 2.45) is 10.9 Å². The van der Waals surface area contributed by atoms with Gasteiger partial charge in [0.2, 0.25) is 0 Å². The number of rotatable bonds is 7. The number of nitrogens with zero attached hydrogens (tertiary/aromatic N) is 3. The van der Waals surface area contributed by atoms with Gasteiger partial charge in [-0.2, -0.15) is 0 Å². The van der Waals surface area contributed by atoms with Gasteiger partial charge < -0.3 is 15.5 Å². The number of aromatic nitrogens is 1. The molecule has 0 saturated carbocycles. The van der Waals surface area contributed by atoms with E-state index in [4.69, 9.17) is 0 Å². The molecule has 0 radical (unpaired) electrons. The zero-order chi connectivity index (χ0) is 16.5. The van der Waals surface area contributed by atoms with Crippen LogP contribution in [0.4, 0.5) is 5.82 Å². The molecule has 1 aromatic heterocycles. The number of anilines is 1. The van der Waals surface area contributed by atoms with Crippen molar-refractivity contribution in [1.82, 2.24) is 15.6 Å². The first-order chi connectivity index (χ1) is 11.3. The molecule has 23 heavy (non-hydrogen) atoms. The first-order valence-corrected chi connectivity index (χ1v) is 8.91. The van der Waals surface area contributed by atoms with Crippen molar-refractivity contribution in [2.45, 2.75) is 46.1 Å². The summed E-state index contributed by atoms with van der Waals surface area (Å²) in [6, 6.07) is 4.26. The quantitative estimate of drug-likeness (QED) is 0.600. The van der Waals surface area contributed by atoms with Gasteiger partial charge in [0.15, 0.2) is 5.96 Å². The molecular formula is C18H31N5. The van der Waals surface area contributed by atoms with Crippen LogP contribution in [-0.2, 0) is 6.54 Å². The van der Waals surface area contributed by atoms with Gasteiger partial charge in [-0.3, -0.25) is 4.99 Å². The molecule has 0 atom stereocenters. The van der Waals surface area contributed by atoms with E-state index in [1.165, 1.54) is 31.2 Å². The Bertz CT molecular complexity index is 490. The molecule has 0 amide bonds. The molecule has 5 heteroatoms. The fourth-order valence-corrected chi connectivity index (χ4v) is 2.91. The van der Waals surface area contributed by atoms with Crippen molar-refractivity contribution < 1.29 is 0 Å². The van der Waals surface area contributed by atoms with E-state index in [0.717, 1.165) is 38.0 Å². The highest BCUT2D eigenvalue weighted by Gasteiger charge is 2.13. The average molecular weight is 317 g/mol. The topological polar surface area (TPSA) is 52.6 Å². The summed E-state index contributed by atoms with van der Waals surface area (Å²) in [7, 11) is 1.82. The van der Waals surface area contributed by atoms with Crippen molar-refractivity contribution in [1.29, 1.82) is 0 Å². The van der Waals surface area contributed by atoms with Gasteiger partial charge in [0.25, 0.3) is 0 Å². The SMILES string of the molecule is CCC(CC)CNC(=NC)NCc1ccnc(N2CCCC2)c1. The van der Waals surface area contributed by atoms with E-state index < -0.39 is 0 Å². The summed E-state index contributed by atoms with van der Waals surface area (Å²) in [5.41, 5.74) is 1.24. The lowest BCUT2D eigenvalue weighted by atomic mass is 10.0. The molecule has 0 unspecified atom stereocenters. The predicted molar refractivity (Wildman–Crippen MR) is 98.0 cm³/mol. The Labute approximate surface area is 140 Å². The normalized spacial score (nSPS) is 15.3. The van der Waals surface area contributed by atoms with Crippen molar-refractivity contribution in [2.75, 3.05) is 31.6 Å². The molecule has 5 nitrogen and oxygen atoms in total. The highest BCUT2D eigenvalue weighted by atomic mass is 15.2. The second-order valence-electron chi connectivity index (χ2n) is 6.21. The van der Waals surface area contributed by atoms with E-state index in [1.54, 1.807) is 0 Å². The largest absolute Gasteiger partial charge is 0.357 e. The molecule has 0 aromatic carbocycles. The van der Waals surface area contributed by atoms with E-state index in [0.29, 0.717) is 5.92 Å². The van der Waals surface area contributed by atoms with Gasteiger partial charge in [0.05, 0.1) is 0 Å². The third-order valence-electron chi connectivity index (χ3n) is 4.64. The molecule has 1 fully saturated rings. The molecule has 1 aliphatic heterocycles.